The van der Waals surface area contributed by atoms with Gasteiger partial charge in [0.05, 0.1) is 5.92 Å². The van der Waals surface area contributed by atoms with E-state index >= 15 is 0 Å². The molecule has 0 radical (unpaired) electrons. The third-order valence-corrected chi connectivity index (χ3v) is 7.45. The molecule has 0 unspecified atom stereocenters. The zero-order chi connectivity index (χ0) is 22.8. The van der Waals surface area contributed by atoms with Crippen molar-refractivity contribution < 1.29 is 31.1 Å². The van der Waals surface area contributed by atoms with Crippen LogP contribution in [0, 0.1) is 35.3 Å². The summed E-state index contributed by atoms with van der Waals surface area (Å²) in [4.78, 5) is -3.95. The van der Waals surface area contributed by atoms with Crippen molar-refractivity contribution in [1.82, 2.24) is 0 Å². The van der Waals surface area contributed by atoms with Crippen LogP contribution in [0.15, 0.2) is 12.1 Å². The molecule has 31 heavy (non-hydrogen) atoms. The summed E-state index contributed by atoms with van der Waals surface area (Å²) in [5.41, 5.74) is -1.53. The van der Waals surface area contributed by atoms with E-state index in [1.807, 2.05) is 15.9 Å². The van der Waals surface area contributed by atoms with Gasteiger partial charge in [-0.1, -0.05) is 32.6 Å². The lowest BCUT2D eigenvalue weighted by Gasteiger charge is -2.39. The fraction of sp³-hybridized carbons (Fsp3) is 0.739. The average molecular weight is 515 g/mol. The summed E-state index contributed by atoms with van der Waals surface area (Å²) in [7, 11) is 0. The van der Waals surface area contributed by atoms with Crippen LogP contribution in [-0.2, 0) is 4.83 Å². The van der Waals surface area contributed by atoms with Crippen molar-refractivity contribution in [3.8, 4) is 5.75 Å². The smallest absolute Gasteiger partial charge is 0.400 e. The third-order valence-electron chi connectivity index (χ3n) is 7.06. The van der Waals surface area contributed by atoms with Crippen molar-refractivity contribution in [2.75, 3.05) is 0 Å². The molecule has 0 spiro atoms. The first-order valence-electron chi connectivity index (χ1n) is 11.1. The predicted molar refractivity (Wildman–Crippen MR) is 111 cm³/mol. The monoisotopic (exact) mass is 514 g/mol. The van der Waals surface area contributed by atoms with E-state index in [0.29, 0.717) is 36.8 Å². The number of hydrogen-bond donors (Lipinski definition) is 0. The van der Waals surface area contributed by atoms with E-state index in [1.165, 1.54) is 25.7 Å². The standard InChI is InChI=1S/C23H29BrF6O/c1-2-3-14-4-6-15(7-5-14)16-8-10-17(11-9-16)23(29,30)31-18-12-19(25)21(20(26)13-18)22(24,27)28/h12-17H,2-11H2,1H3. The summed E-state index contributed by atoms with van der Waals surface area (Å²) in [6, 6.07) is 0.754. The zero-order valence-electron chi connectivity index (χ0n) is 17.6. The molecule has 0 atom stereocenters. The highest BCUT2D eigenvalue weighted by Crippen LogP contribution is 2.46. The normalized spacial score (nSPS) is 27.9. The van der Waals surface area contributed by atoms with Gasteiger partial charge in [0.25, 0.3) is 0 Å². The first kappa shape index (κ1) is 24.7. The Morgan fingerprint density at radius 3 is 1.81 bits per heavy atom. The number of rotatable bonds is 7. The van der Waals surface area contributed by atoms with Gasteiger partial charge in [-0.2, -0.15) is 17.6 Å². The van der Waals surface area contributed by atoms with Gasteiger partial charge in [0.1, 0.15) is 22.9 Å². The summed E-state index contributed by atoms with van der Waals surface area (Å²) in [6.07, 6.45) is 5.52. The number of halogens is 7. The lowest BCUT2D eigenvalue weighted by molar-refractivity contribution is -0.224. The number of alkyl halides is 5. The first-order chi connectivity index (χ1) is 14.5. The van der Waals surface area contributed by atoms with Gasteiger partial charge in [0.15, 0.2) is 0 Å². The van der Waals surface area contributed by atoms with Crippen LogP contribution in [0.2, 0.25) is 0 Å². The fourth-order valence-electron chi connectivity index (χ4n) is 5.40. The molecule has 1 aromatic rings. The van der Waals surface area contributed by atoms with Gasteiger partial charge in [-0.3, -0.25) is 0 Å². The van der Waals surface area contributed by atoms with E-state index in [4.69, 9.17) is 0 Å². The summed E-state index contributed by atoms with van der Waals surface area (Å²) >= 11 is 1.88. The predicted octanol–water partition coefficient (Wildman–Crippen LogP) is 8.79. The van der Waals surface area contributed by atoms with Crippen molar-refractivity contribution in [3.63, 3.8) is 0 Å². The van der Waals surface area contributed by atoms with Gasteiger partial charge >= 0.3 is 10.9 Å². The maximum atomic E-state index is 14.7. The van der Waals surface area contributed by atoms with Crippen molar-refractivity contribution in [3.05, 3.63) is 29.3 Å². The summed E-state index contributed by atoms with van der Waals surface area (Å²) in [5.74, 6) is -3.33. The molecule has 0 amide bonds. The Labute approximate surface area is 188 Å². The zero-order valence-corrected chi connectivity index (χ0v) is 19.2. The number of hydrogen-bond acceptors (Lipinski definition) is 1. The van der Waals surface area contributed by atoms with E-state index in [9.17, 15) is 26.3 Å². The topological polar surface area (TPSA) is 9.23 Å². The molecule has 1 nitrogen and oxygen atoms in total. The van der Waals surface area contributed by atoms with Gasteiger partial charge in [-0.25, -0.2) is 8.78 Å². The summed E-state index contributed by atoms with van der Waals surface area (Å²) in [5, 5.41) is 0. The van der Waals surface area contributed by atoms with Crippen LogP contribution in [0.4, 0.5) is 26.3 Å². The maximum Gasteiger partial charge on any atom is 0.400 e. The van der Waals surface area contributed by atoms with Crippen molar-refractivity contribution in [1.29, 1.82) is 0 Å². The largest absolute Gasteiger partial charge is 0.432 e. The Kier molecular flexibility index (Phi) is 7.91. The van der Waals surface area contributed by atoms with E-state index in [2.05, 4.69) is 11.7 Å². The summed E-state index contributed by atoms with van der Waals surface area (Å²) < 4.78 is 88.2. The molecule has 176 valence electrons. The lowest BCUT2D eigenvalue weighted by atomic mass is 9.68. The lowest BCUT2D eigenvalue weighted by Crippen LogP contribution is -2.38. The quantitative estimate of drug-likeness (QED) is 0.261. The van der Waals surface area contributed by atoms with Crippen LogP contribution in [0.5, 0.6) is 5.75 Å². The molecule has 0 aliphatic heterocycles. The second-order valence-corrected chi connectivity index (χ2v) is 10.1. The van der Waals surface area contributed by atoms with Crippen molar-refractivity contribution >= 4 is 15.9 Å². The molecule has 0 saturated heterocycles. The van der Waals surface area contributed by atoms with Gasteiger partial charge in [0.2, 0.25) is 0 Å². The highest BCUT2D eigenvalue weighted by molar-refractivity contribution is 9.09. The van der Waals surface area contributed by atoms with Crippen LogP contribution in [0.1, 0.15) is 76.7 Å². The van der Waals surface area contributed by atoms with E-state index in [1.54, 1.807) is 0 Å². The van der Waals surface area contributed by atoms with E-state index < -0.39 is 39.8 Å². The van der Waals surface area contributed by atoms with Gasteiger partial charge in [-0.05, 0) is 72.2 Å². The second kappa shape index (κ2) is 9.92. The molecular formula is C23H29BrF6O. The van der Waals surface area contributed by atoms with Crippen molar-refractivity contribution in [2.24, 2.45) is 23.7 Å². The third kappa shape index (κ3) is 6.11. The Hall–Kier alpha value is -0.920. The molecule has 0 bridgehead atoms. The van der Waals surface area contributed by atoms with Crippen LogP contribution < -0.4 is 4.74 Å². The fourth-order valence-corrected chi connectivity index (χ4v) is 5.78. The minimum atomic E-state index is -3.95. The molecule has 3 rings (SSSR count). The van der Waals surface area contributed by atoms with E-state index in [0.717, 1.165) is 18.8 Å². The minimum absolute atomic E-state index is 0.273. The van der Waals surface area contributed by atoms with Crippen LogP contribution in [0.25, 0.3) is 0 Å². The Bertz CT molecular complexity index is 711. The minimum Gasteiger partial charge on any atom is -0.432 e. The first-order valence-corrected chi connectivity index (χ1v) is 11.9. The number of ether oxygens (including phenoxy) is 1. The molecule has 2 saturated carbocycles. The Morgan fingerprint density at radius 1 is 0.871 bits per heavy atom. The van der Waals surface area contributed by atoms with Crippen molar-refractivity contribution in [2.45, 2.75) is 82.1 Å². The van der Waals surface area contributed by atoms with Gasteiger partial charge < -0.3 is 4.74 Å². The Balaban J connectivity index is 1.57. The molecule has 2 fully saturated rings. The maximum absolute atomic E-state index is 14.7. The van der Waals surface area contributed by atoms with Gasteiger partial charge in [0, 0.05) is 12.1 Å². The molecule has 8 heteroatoms. The highest BCUT2D eigenvalue weighted by atomic mass is 79.9. The van der Waals surface area contributed by atoms with E-state index in [-0.39, 0.29) is 12.8 Å². The average Bonchev–Trinajstić information content (AvgIpc) is 2.67. The van der Waals surface area contributed by atoms with Crippen LogP contribution in [0.3, 0.4) is 0 Å². The van der Waals surface area contributed by atoms with Crippen LogP contribution in [-0.4, -0.2) is 6.11 Å². The molecule has 0 N–H and O–H groups in total. The molecule has 0 aromatic heterocycles. The highest BCUT2D eigenvalue weighted by Gasteiger charge is 2.45. The van der Waals surface area contributed by atoms with Gasteiger partial charge in [-0.15, -0.1) is 0 Å². The summed E-state index contributed by atoms with van der Waals surface area (Å²) in [6.45, 7) is 2.20. The molecule has 2 aliphatic rings. The molecular weight excluding hydrogens is 486 g/mol. The second-order valence-electron chi connectivity index (χ2n) is 9.10. The number of benzene rings is 1. The molecule has 0 heterocycles. The van der Waals surface area contributed by atoms with Crippen LogP contribution >= 0.6 is 15.9 Å². The molecule has 1 aromatic carbocycles. The SMILES string of the molecule is CCCC1CCC(C2CCC(C(F)(F)Oc3cc(F)c(C(F)(F)Br)c(F)c3)CC2)CC1. The Morgan fingerprint density at radius 2 is 1.35 bits per heavy atom. The molecule has 2 aliphatic carbocycles.